The molecule has 132 valence electrons. The highest BCUT2D eigenvalue weighted by Gasteiger charge is 2.28. The van der Waals surface area contributed by atoms with E-state index in [9.17, 15) is 4.79 Å². The first-order chi connectivity index (χ1) is 11.7. The highest BCUT2D eigenvalue weighted by molar-refractivity contribution is 5.76. The molecule has 2 saturated heterocycles. The van der Waals surface area contributed by atoms with Crippen LogP contribution < -0.4 is 10.6 Å². The van der Waals surface area contributed by atoms with Crippen molar-refractivity contribution in [1.82, 2.24) is 15.5 Å². The zero-order valence-corrected chi connectivity index (χ0v) is 14.5. The van der Waals surface area contributed by atoms with Gasteiger partial charge in [-0.3, -0.25) is 9.69 Å². The lowest BCUT2D eigenvalue weighted by molar-refractivity contribution is -0.125. The zero-order chi connectivity index (χ0) is 16.8. The second kappa shape index (κ2) is 8.60. The lowest BCUT2D eigenvalue weighted by atomic mass is 10.0. The third kappa shape index (κ3) is 5.03. The number of carbonyl (C=O) groups is 1. The van der Waals surface area contributed by atoms with E-state index >= 15 is 0 Å². The number of nitrogens with zero attached hydrogens (tertiary/aromatic N) is 1. The van der Waals surface area contributed by atoms with Crippen molar-refractivity contribution in [3.05, 3.63) is 35.9 Å². The summed E-state index contributed by atoms with van der Waals surface area (Å²) in [6.45, 7) is 7.65. The number of benzene rings is 1. The first-order valence-electron chi connectivity index (χ1n) is 9.08. The van der Waals surface area contributed by atoms with Crippen molar-refractivity contribution in [2.45, 2.75) is 38.5 Å². The fourth-order valence-electron chi connectivity index (χ4n) is 3.64. The molecule has 2 fully saturated rings. The molecule has 0 aliphatic carbocycles. The molecule has 0 saturated carbocycles. The molecule has 3 rings (SSSR count). The van der Waals surface area contributed by atoms with E-state index in [1.165, 1.54) is 5.56 Å². The zero-order valence-electron chi connectivity index (χ0n) is 14.5. The summed E-state index contributed by atoms with van der Waals surface area (Å²) in [7, 11) is 0. The summed E-state index contributed by atoms with van der Waals surface area (Å²) in [5.74, 6) is 0.640. The molecule has 1 aromatic carbocycles. The molecule has 0 radical (unpaired) electrons. The van der Waals surface area contributed by atoms with Crippen molar-refractivity contribution in [3.63, 3.8) is 0 Å². The third-order valence-electron chi connectivity index (χ3n) is 5.07. The van der Waals surface area contributed by atoms with Crippen LogP contribution in [-0.2, 0) is 16.1 Å². The lowest BCUT2D eigenvalue weighted by Crippen LogP contribution is -2.44. The van der Waals surface area contributed by atoms with Crippen LogP contribution >= 0.6 is 0 Å². The van der Waals surface area contributed by atoms with E-state index in [0.717, 1.165) is 39.1 Å². The van der Waals surface area contributed by atoms with Crippen molar-refractivity contribution in [2.24, 2.45) is 5.92 Å². The molecule has 0 bridgehead atoms. The quantitative estimate of drug-likeness (QED) is 0.827. The Hall–Kier alpha value is -1.43. The fraction of sp³-hybridized carbons (Fsp3) is 0.632. The lowest BCUT2D eigenvalue weighted by Gasteiger charge is -2.25. The molecular weight excluding hydrogens is 302 g/mol. The molecule has 24 heavy (non-hydrogen) atoms. The number of hydrogen-bond donors (Lipinski definition) is 2. The largest absolute Gasteiger partial charge is 0.375 e. The van der Waals surface area contributed by atoms with Crippen molar-refractivity contribution in [3.8, 4) is 0 Å². The minimum absolute atomic E-state index is 0.0177. The van der Waals surface area contributed by atoms with Gasteiger partial charge in [-0.05, 0) is 31.4 Å². The van der Waals surface area contributed by atoms with Gasteiger partial charge in [0.25, 0.3) is 0 Å². The number of ether oxygens (including phenoxy) is 1. The Morgan fingerprint density at radius 2 is 2.25 bits per heavy atom. The number of carbonyl (C=O) groups excluding carboxylic acids is 1. The smallest absolute Gasteiger partial charge is 0.222 e. The summed E-state index contributed by atoms with van der Waals surface area (Å²) in [5, 5.41) is 6.45. The van der Waals surface area contributed by atoms with Crippen LogP contribution in [0.2, 0.25) is 0 Å². The first-order valence-corrected chi connectivity index (χ1v) is 9.08. The second-order valence-electron chi connectivity index (χ2n) is 7.03. The number of hydrogen-bond acceptors (Lipinski definition) is 4. The van der Waals surface area contributed by atoms with Crippen molar-refractivity contribution < 1.29 is 9.53 Å². The van der Waals surface area contributed by atoms with E-state index in [-0.39, 0.29) is 18.1 Å². The van der Waals surface area contributed by atoms with Crippen LogP contribution in [0, 0.1) is 5.92 Å². The van der Waals surface area contributed by atoms with Crippen molar-refractivity contribution in [1.29, 1.82) is 0 Å². The SMILES string of the molecule is CC(NC(=O)CC1CNCCO1)C1CCN(Cc2ccccc2)C1. The predicted octanol–water partition coefficient (Wildman–Crippen LogP) is 1.39. The van der Waals surface area contributed by atoms with Crippen LogP contribution in [0.5, 0.6) is 0 Å². The summed E-state index contributed by atoms with van der Waals surface area (Å²) in [6.07, 6.45) is 1.62. The molecule has 1 amide bonds. The Morgan fingerprint density at radius 3 is 3.00 bits per heavy atom. The third-order valence-corrected chi connectivity index (χ3v) is 5.07. The van der Waals surface area contributed by atoms with Crippen LogP contribution in [0.15, 0.2) is 30.3 Å². The number of amides is 1. The van der Waals surface area contributed by atoms with E-state index in [4.69, 9.17) is 4.74 Å². The summed E-state index contributed by atoms with van der Waals surface area (Å²) in [4.78, 5) is 14.7. The molecule has 3 unspecified atom stereocenters. The maximum atomic E-state index is 12.2. The van der Waals surface area contributed by atoms with E-state index < -0.39 is 0 Å². The van der Waals surface area contributed by atoms with Crippen LogP contribution in [0.1, 0.15) is 25.3 Å². The van der Waals surface area contributed by atoms with E-state index in [0.29, 0.717) is 18.9 Å². The maximum Gasteiger partial charge on any atom is 0.222 e. The van der Waals surface area contributed by atoms with Crippen molar-refractivity contribution in [2.75, 3.05) is 32.8 Å². The molecular formula is C19H29N3O2. The number of nitrogens with one attached hydrogen (secondary N) is 2. The van der Waals surface area contributed by atoms with Crippen molar-refractivity contribution >= 4 is 5.91 Å². The highest BCUT2D eigenvalue weighted by Crippen LogP contribution is 2.21. The molecule has 2 heterocycles. The minimum Gasteiger partial charge on any atom is -0.375 e. The molecule has 5 nitrogen and oxygen atoms in total. The number of likely N-dealkylation sites (tertiary alicyclic amines) is 1. The van der Waals surface area contributed by atoms with Gasteiger partial charge in [0.15, 0.2) is 0 Å². The van der Waals surface area contributed by atoms with Crippen LogP contribution in [0.25, 0.3) is 0 Å². The average Bonchev–Trinajstić information content (AvgIpc) is 3.05. The predicted molar refractivity (Wildman–Crippen MR) is 94.7 cm³/mol. The Morgan fingerprint density at radius 1 is 1.42 bits per heavy atom. The summed E-state index contributed by atoms with van der Waals surface area (Å²) < 4.78 is 5.61. The van der Waals surface area contributed by atoms with E-state index in [1.807, 2.05) is 0 Å². The fourth-order valence-corrected chi connectivity index (χ4v) is 3.64. The van der Waals surface area contributed by atoms with Gasteiger partial charge in [0.2, 0.25) is 5.91 Å². The highest BCUT2D eigenvalue weighted by atomic mass is 16.5. The molecule has 0 spiro atoms. The van der Waals surface area contributed by atoms with Crippen LogP contribution in [0.4, 0.5) is 0 Å². The normalized spacial score (nSPS) is 26.2. The molecule has 1 aromatic rings. The van der Waals surface area contributed by atoms with Crippen LogP contribution in [0.3, 0.4) is 0 Å². The molecule has 5 heteroatoms. The molecule has 0 aromatic heterocycles. The van der Waals surface area contributed by atoms with Gasteiger partial charge < -0.3 is 15.4 Å². The second-order valence-corrected chi connectivity index (χ2v) is 7.03. The van der Waals surface area contributed by atoms with Gasteiger partial charge in [-0.2, -0.15) is 0 Å². The maximum absolute atomic E-state index is 12.2. The molecule has 2 N–H and O–H groups in total. The Kier molecular flexibility index (Phi) is 6.24. The van der Waals surface area contributed by atoms with Gasteiger partial charge in [0, 0.05) is 32.2 Å². The topological polar surface area (TPSA) is 53.6 Å². The van der Waals surface area contributed by atoms with Gasteiger partial charge in [-0.1, -0.05) is 30.3 Å². The first kappa shape index (κ1) is 17.4. The van der Waals surface area contributed by atoms with Gasteiger partial charge in [-0.25, -0.2) is 0 Å². The summed E-state index contributed by atoms with van der Waals surface area (Å²) >= 11 is 0. The van der Waals surface area contributed by atoms with Gasteiger partial charge in [0.1, 0.15) is 0 Å². The van der Waals surface area contributed by atoms with Gasteiger partial charge in [-0.15, -0.1) is 0 Å². The van der Waals surface area contributed by atoms with Crippen LogP contribution in [-0.4, -0.2) is 55.7 Å². The average molecular weight is 331 g/mol. The van der Waals surface area contributed by atoms with Gasteiger partial charge in [0.05, 0.1) is 19.1 Å². The standard InChI is InChI=1S/C19H29N3O2/c1-15(21-19(23)11-18-12-20-8-10-24-18)17-7-9-22(14-17)13-16-5-3-2-4-6-16/h2-6,15,17-18,20H,7-14H2,1H3,(H,21,23). The Labute approximate surface area is 144 Å². The molecule has 2 aliphatic rings. The Balaban J connectivity index is 1.40. The Bertz CT molecular complexity index is 517. The van der Waals surface area contributed by atoms with Gasteiger partial charge >= 0.3 is 0 Å². The molecule has 3 atom stereocenters. The number of morpholine rings is 1. The minimum atomic E-state index is 0.0177. The number of rotatable bonds is 6. The van der Waals surface area contributed by atoms with E-state index in [1.54, 1.807) is 0 Å². The summed E-state index contributed by atoms with van der Waals surface area (Å²) in [5.41, 5.74) is 1.36. The summed E-state index contributed by atoms with van der Waals surface area (Å²) in [6, 6.07) is 10.8. The van der Waals surface area contributed by atoms with E-state index in [2.05, 4.69) is 52.8 Å². The monoisotopic (exact) mass is 331 g/mol. The molecule has 2 aliphatic heterocycles.